The Morgan fingerprint density at radius 2 is 2.08 bits per heavy atom. The second kappa shape index (κ2) is 9.04. The fraction of sp³-hybridized carbons (Fsp3) is 0.421. The van der Waals surface area contributed by atoms with Crippen LogP contribution < -0.4 is 11.1 Å². The van der Waals surface area contributed by atoms with Crippen LogP contribution in [0.5, 0.6) is 0 Å². The summed E-state index contributed by atoms with van der Waals surface area (Å²) < 4.78 is 11.3. The molecule has 1 unspecified atom stereocenters. The number of hydrogen-bond donors (Lipinski definition) is 2. The van der Waals surface area contributed by atoms with Crippen LogP contribution in [0.1, 0.15) is 31.7 Å². The van der Waals surface area contributed by atoms with Crippen LogP contribution in [0.2, 0.25) is 5.02 Å². The molecule has 1 atom stereocenters. The lowest BCUT2D eigenvalue weighted by Gasteiger charge is -2.32. The molecule has 0 spiro atoms. The number of carbonyl (C=O) groups is 1. The Balaban J connectivity index is 2.55. The van der Waals surface area contributed by atoms with Crippen LogP contribution in [-0.4, -0.2) is 32.7 Å². The molecular weight excluding hydrogens is 340 g/mol. The SMILES string of the molecule is CCC(=O)C1=C(C)NC(COCCN)=C(OC)C1c1ccccc1Cl. The van der Waals surface area contributed by atoms with Crippen molar-refractivity contribution in [3.63, 3.8) is 0 Å². The first-order valence-corrected chi connectivity index (χ1v) is 8.73. The van der Waals surface area contributed by atoms with Gasteiger partial charge in [0, 0.05) is 29.3 Å². The highest BCUT2D eigenvalue weighted by Crippen LogP contribution is 2.41. The zero-order valence-corrected chi connectivity index (χ0v) is 15.7. The van der Waals surface area contributed by atoms with Crippen LogP contribution in [0, 0.1) is 0 Å². The minimum absolute atomic E-state index is 0.0615. The highest BCUT2D eigenvalue weighted by molar-refractivity contribution is 6.31. The largest absolute Gasteiger partial charge is 0.498 e. The zero-order chi connectivity index (χ0) is 18.4. The van der Waals surface area contributed by atoms with Gasteiger partial charge >= 0.3 is 0 Å². The van der Waals surface area contributed by atoms with Crippen molar-refractivity contribution in [2.24, 2.45) is 5.73 Å². The first-order chi connectivity index (χ1) is 12.0. The first-order valence-electron chi connectivity index (χ1n) is 8.35. The highest BCUT2D eigenvalue weighted by Gasteiger charge is 2.35. The van der Waals surface area contributed by atoms with E-state index in [4.69, 9.17) is 26.8 Å². The Bertz CT molecular complexity index is 698. The molecule has 0 radical (unpaired) electrons. The van der Waals surface area contributed by atoms with Gasteiger partial charge in [-0.3, -0.25) is 4.79 Å². The molecule has 0 saturated carbocycles. The van der Waals surface area contributed by atoms with Gasteiger partial charge in [-0.15, -0.1) is 0 Å². The third kappa shape index (κ3) is 4.24. The maximum absolute atomic E-state index is 12.6. The average Bonchev–Trinajstić information content (AvgIpc) is 2.61. The summed E-state index contributed by atoms with van der Waals surface area (Å²) in [5.74, 6) is 0.350. The maximum atomic E-state index is 12.6. The molecule has 1 aromatic carbocycles. The van der Waals surface area contributed by atoms with Crippen LogP contribution in [0.3, 0.4) is 0 Å². The number of hydrogen-bond acceptors (Lipinski definition) is 5. The summed E-state index contributed by atoms with van der Waals surface area (Å²) >= 11 is 6.44. The Hall–Kier alpha value is -1.82. The molecule has 1 aliphatic heterocycles. The molecule has 0 bridgehead atoms. The summed E-state index contributed by atoms with van der Waals surface area (Å²) in [6.45, 7) is 4.96. The highest BCUT2D eigenvalue weighted by atomic mass is 35.5. The molecule has 0 saturated heterocycles. The van der Waals surface area contributed by atoms with Crippen LogP contribution >= 0.6 is 11.6 Å². The molecule has 0 aromatic heterocycles. The normalized spacial score (nSPS) is 17.6. The van der Waals surface area contributed by atoms with Gasteiger partial charge in [0.15, 0.2) is 5.78 Å². The second-order valence-electron chi connectivity index (χ2n) is 5.78. The van der Waals surface area contributed by atoms with E-state index in [0.29, 0.717) is 42.5 Å². The lowest BCUT2D eigenvalue weighted by molar-refractivity contribution is -0.115. The molecule has 1 heterocycles. The molecule has 0 fully saturated rings. The van der Waals surface area contributed by atoms with E-state index in [1.54, 1.807) is 7.11 Å². The van der Waals surface area contributed by atoms with E-state index in [1.807, 2.05) is 38.1 Å². The van der Waals surface area contributed by atoms with Gasteiger partial charge in [-0.1, -0.05) is 36.7 Å². The molecular formula is C19H25ClN2O3. The number of halogens is 1. The van der Waals surface area contributed by atoms with Gasteiger partial charge in [-0.2, -0.15) is 0 Å². The van der Waals surface area contributed by atoms with E-state index in [2.05, 4.69) is 5.32 Å². The fourth-order valence-electron chi connectivity index (χ4n) is 3.05. The number of rotatable bonds is 8. The fourth-order valence-corrected chi connectivity index (χ4v) is 3.29. The number of allylic oxidation sites excluding steroid dienone is 2. The zero-order valence-electron chi connectivity index (χ0n) is 14.9. The number of carbonyl (C=O) groups excluding carboxylic acids is 1. The molecule has 1 aromatic rings. The number of ether oxygens (including phenoxy) is 2. The summed E-state index contributed by atoms with van der Waals surface area (Å²) in [5.41, 5.74) is 8.59. The third-order valence-electron chi connectivity index (χ3n) is 4.16. The van der Waals surface area contributed by atoms with Crippen LogP contribution in [-0.2, 0) is 14.3 Å². The lowest BCUT2D eigenvalue weighted by atomic mass is 9.82. The van der Waals surface area contributed by atoms with Gasteiger partial charge in [-0.05, 0) is 18.6 Å². The van der Waals surface area contributed by atoms with Crippen LogP contribution in [0.25, 0.3) is 0 Å². The molecule has 0 aliphatic carbocycles. The van der Waals surface area contributed by atoms with E-state index >= 15 is 0 Å². The average molecular weight is 365 g/mol. The van der Waals surface area contributed by atoms with Crippen LogP contribution in [0.4, 0.5) is 0 Å². The number of benzene rings is 1. The van der Waals surface area contributed by atoms with Crippen molar-refractivity contribution < 1.29 is 14.3 Å². The Kier molecular flexibility index (Phi) is 7.05. The van der Waals surface area contributed by atoms with Crippen molar-refractivity contribution in [1.29, 1.82) is 0 Å². The topological polar surface area (TPSA) is 73.6 Å². The van der Waals surface area contributed by atoms with Crippen molar-refractivity contribution >= 4 is 17.4 Å². The van der Waals surface area contributed by atoms with E-state index in [9.17, 15) is 4.79 Å². The van der Waals surface area contributed by atoms with Gasteiger partial charge in [0.05, 0.1) is 31.9 Å². The minimum atomic E-state index is -0.358. The number of nitrogens with two attached hydrogens (primary N) is 1. The Labute approximate surface area is 153 Å². The molecule has 2 rings (SSSR count). The number of dihydropyridines is 1. The first kappa shape index (κ1) is 19.5. The molecule has 136 valence electrons. The molecule has 6 heteroatoms. The molecule has 1 aliphatic rings. The number of nitrogens with one attached hydrogen (secondary N) is 1. The molecule has 5 nitrogen and oxygen atoms in total. The van der Waals surface area contributed by atoms with Gasteiger partial charge in [0.25, 0.3) is 0 Å². The van der Waals surface area contributed by atoms with Gasteiger partial charge in [0.2, 0.25) is 0 Å². The smallest absolute Gasteiger partial charge is 0.161 e. The monoisotopic (exact) mass is 364 g/mol. The van der Waals surface area contributed by atoms with E-state index in [1.165, 1.54) is 0 Å². The lowest BCUT2D eigenvalue weighted by Crippen LogP contribution is -2.32. The summed E-state index contributed by atoms with van der Waals surface area (Å²) in [6.07, 6.45) is 0.408. The van der Waals surface area contributed by atoms with Crippen molar-refractivity contribution in [3.05, 3.63) is 57.6 Å². The standard InChI is InChI=1S/C19H25ClN2O3/c1-4-16(23)17-12(2)22-15(11-25-10-9-21)19(24-3)18(17)13-7-5-6-8-14(13)20/h5-8,18,22H,4,9-11,21H2,1-3H3. The Morgan fingerprint density at radius 3 is 2.68 bits per heavy atom. The maximum Gasteiger partial charge on any atom is 0.161 e. The van der Waals surface area contributed by atoms with Gasteiger partial charge in [-0.25, -0.2) is 0 Å². The van der Waals surface area contributed by atoms with E-state index in [0.717, 1.165) is 17.0 Å². The predicted molar refractivity (Wildman–Crippen MR) is 99.2 cm³/mol. The molecule has 25 heavy (non-hydrogen) atoms. The predicted octanol–water partition coefficient (Wildman–Crippen LogP) is 3.11. The number of methoxy groups -OCH3 is 1. The van der Waals surface area contributed by atoms with Crippen molar-refractivity contribution in [2.75, 3.05) is 26.9 Å². The van der Waals surface area contributed by atoms with Crippen molar-refractivity contribution in [3.8, 4) is 0 Å². The van der Waals surface area contributed by atoms with Crippen molar-refractivity contribution in [2.45, 2.75) is 26.2 Å². The quantitative estimate of drug-likeness (QED) is 0.693. The molecule has 0 amide bonds. The number of ketones is 1. The van der Waals surface area contributed by atoms with Gasteiger partial charge < -0.3 is 20.5 Å². The minimum Gasteiger partial charge on any atom is -0.498 e. The van der Waals surface area contributed by atoms with Crippen molar-refractivity contribution in [1.82, 2.24) is 5.32 Å². The molecule has 3 N–H and O–H groups in total. The van der Waals surface area contributed by atoms with E-state index in [-0.39, 0.29) is 11.7 Å². The van der Waals surface area contributed by atoms with E-state index < -0.39 is 0 Å². The summed E-state index contributed by atoms with van der Waals surface area (Å²) in [5, 5.41) is 3.86. The second-order valence-corrected chi connectivity index (χ2v) is 6.19. The van der Waals surface area contributed by atoms with Gasteiger partial charge in [0.1, 0.15) is 5.76 Å². The number of Topliss-reactive ketones (excluding diaryl/α,β-unsaturated/α-hetero) is 1. The summed E-state index contributed by atoms with van der Waals surface area (Å²) in [4.78, 5) is 12.6. The summed E-state index contributed by atoms with van der Waals surface area (Å²) in [6, 6.07) is 7.52. The Morgan fingerprint density at radius 1 is 1.36 bits per heavy atom. The van der Waals surface area contributed by atoms with Crippen LogP contribution in [0.15, 0.2) is 47.0 Å². The third-order valence-corrected chi connectivity index (χ3v) is 4.50. The summed E-state index contributed by atoms with van der Waals surface area (Å²) in [7, 11) is 1.60.